The Balaban J connectivity index is 1.74. The smallest absolute Gasteiger partial charge is 0.338 e. The van der Waals surface area contributed by atoms with Crippen molar-refractivity contribution in [1.29, 1.82) is 0 Å². The maximum Gasteiger partial charge on any atom is 0.338 e. The van der Waals surface area contributed by atoms with E-state index in [1.807, 2.05) is 18.2 Å². The van der Waals surface area contributed by atoms with Gasteiger partial charge in [-0.2, -0.15) is 16.8 Å². The van der Waals surface area contributed by atoms with Gasteiger partial charge >= 0.3 is 11.9 Å². The Kier molecular flexibility index (Phi) is 9.90. The minimum Gasteiger partial charge on any atom is -0.465 e. The summed E-state index contributed by atoms with van der Waals surface area (Å²) in [5, 5.41) is 0. The van der Waals surface area contributed by atoms with Crippen LogP contribution in [0.25, 0.3) is 10.2 Å². The van der Waals surface area contributed by atoms with Gasteiger partial charge < -0.3 is 14.0 Å². The number of thiazole rings is 1. The minimum absolute atomic E-state index is 0.0639. The zero-order valence-corrected chi connectivity index (χ0v) is 21.0. The van der Waals surface area contributed by atoms with Gasteiger partial charge in [-0.15, -0.1) is 0 Å². The van der Waals surface area contributed by atoms with Crippen molar-refractivity contribution >= 4 is 51.2 Å². The van der Waals surface area contributed by atoms with Crippen molar-refractivity contribution < 1.29 is 23.9 Å². The highest BCUT2D eigenvalue weighted by Gasteiger charge is 2.15. The highest BCUT2D eigenvalue weighted by atomic mass is 32.2. The third-order valence-electron chi connectivity index (χ3n) is 4.80. The van der Waals surface area contributed by atoms with Gasteiger partial charge in [0.1, 0.15) is 6.54 Å². The Labute approximate surface area is 206 Å². The van der Waals surface area contributed by atoms with Crippen molar-refractivity contribution in [1.82, 2.24) is 4.57 Å². The average molecular weight is 501 g/mol. The van der Waals surface area contributed by atoms with Gasteiger partial charge in [0.2, 0.25) is 5.91 Å². The number of hydrogen-bond acceptors (Lipinski definition) is 7. The molecule has 34 heavy (non-hydrogen) atoms. The zero-order valence-electron chi connectivity index (χ0n) is 19.3. The fourth-order valence-corrected chi connectivity index (χ4v) is 5.25. The molecule has 7 nitrogen and oxygen atoms in total. The molecule has 0 unspecified atom stereocenters. The first-order chi connectivity index (χ1) is 16.5. The molecule has 0 aliphatic heterocycles. The van der Waals surface area contributed by atoms with E-state index in [0.717, 1.165) is 22.6 Å². The normalized spacial score (nSPS) is 11.5. The molecule has 3 aromatic rings. The summed E-state index contributed by atoms with van der Waals surface area (Å²) in [7, 11) is 0. The van der Waals surface area contributed by atoms with Crippen molar-refractivity contribution in [2.75, 3.05) is 19.0 Å². The molecule has 180 valence electrons. The summed E-state index contributed by atoms with van der Waals surface area (Å²) in [5.74, 6) is 0.689. The number of carbonyl (C=O) groups is 3. The Morgan fingerprint density at radius 2 is 1.79 bits per heavy atom. The quantitative estimate of drug-likeness (QED) is 0.283. The van der Waals surface area contributed by atoms with Crippen LogP contribution in [0, 0.1) is 0 Å². The third kappa shape index (κ3) is 7.30. The highest BCUT2D eigenvalue weighted by Crippen LogP contribution is 2.20. The molecule has 0 spiro atoms. The maximum absolute atomic E-state index is 12.6. The number of esters is 2. The second kappa shape index (κ2) is 13.1. The zero-order chi connectivity index (χ0) is 24.3. The number of rotatable bonds is 11. The van der Waals surface area contributed by atoms with E-state index in [1.165, 1.54) is 16.9 Å². The highest BCUT2D eigenvalue weighted by molar-refractivity contribution is 7.98. The number of thioether (sulfide) groups is 1. The van der Waals surface area contributed by atoms with Crippen molar-refractivity contribution in [2.24, 2.45) is 4.99 Å². The number of ether oxygens (including phenoxy) is 2. The topological polar surface area (TPSA) is 87.0 Å². The van der Waals surface area contributed by atoms with Gasteiger partial charge in [-0.3, -0.25) is 9.59 Å². The Morgan fingerprint density at radius 3 is 2.53 bits per heavy atom. The Morgan fingerprint density at radius 1 is 1.03 bits per heavy atom. The van der Waals surface area contributed by atoms with E-state index in [1.54, 1.807) is 48.4 Å². The lowest BCUT2D eigenvalue weighted by Gasteiger charge is -2.06. The molecule has 0 saturated carbocycles. The van der Waals surface area contributed by atoms with E-state index < -0.39 is 11.9 Å². The number of hydrogen-bond donors (Lipinski definition) is 0. The van der Waals surface area contributed by atoms with Crippen molar-refractivity contribution in [3.63, 3.8) is 0 Å². The predicted octanol–water partition coefficient (Wildman–Crippen LogP) is 4.58. The number of aromatic nitrogens is 1. The van der Waals surface area contributed by atoms with Crippen LogP contribution in [0.3, 0.4) is 0 Å². The minimum atomic E-state index is -0.419. The Hall–Kier alpha value is -2.91. The van der Waals surface area contributed by atoms with Gasteiger partial charge in [0, 0.05) is 12.2 Å². The molecule has 3 rings (SSSR count). The van der Waals surface area contributed by atoms with E-state index in [4.69, 9.17) is 9.47 Å². The summed E-state index contributed by atoms with van der Waals surface area (Å²) >= 11 is 3.04. The number of fused-ring (bicyclic) bond motifs is 1. The van der Waals surface area contributed by atoms with Crippen LogP contribution in [-0.2, 0) is 31.4 Å². The summed E-state index contributed by atoms with van der Waals surface area (Å²) in [5.41, 5.74) is 2.37. The first kappa shape index (κ1) is 25.7. The number of benzene rings is 2. The molecule has 1 heterocycles. The standard InChI is InChI=1S/C25H28N2O5S2/c1-3-31-23(29)16-27-20-13-12-19(24(30)32-4-2)15-21(20)34-25(27)26-22(28)11-8-14-33-17-18-9-6-5-7-10-18/h5-7,9-10,12-13,15H,3-4,8,11,14,16-17H2,1-2H3. The molecule has 1 aromatic heterocycles. The number of amides is 1. The fraction of sp³-hybridized carbons (Fsp3) is 0.360. The van der Waals surface area contributed by atoms with Crippen molar-refractivity contribution in [2.45, 2.75) is 39.0 Å². The van der Waals surface area contributed by atoms with E-state index in [0.29, 0.717) is 22.3 Å². The predicted molar refractivity (Wildman–Crippen MR) is 135 cm³/mol. The lowest BCUT2D eigenvalue weighted by Crippen LogP contribution is -2.23. The van der Waals surface area contributed by atoms with Crippen LogP contribution in [0.1, 0.15) is 42.6 Å². The summed E-state index contributed by atoms with van der Waals surface area (Å²) in [6, 6.07) is 15.3. The molecular formula is C25H28N2O5S2. The summed E-state index contributed by atoms with van der Waals surface area (Å²) in [6.07, 6.45) is 1.04. The van der Waals surface area contributed by atoms with Crippen LogP contribution in [-0.4, -0.2) is 41.4 Å². The van der Waals surface area contributed by atoms with Gasteiger partial charge in [0.15, 0.2) is 4.80 Å². The molecule has 2 aromatic carbocycles. The van der Waals surface area contributed by atoms with Gasteiger partial charge in [0.05, 0.1) is 29.0 Å². The summed E-state index contributed by atoms with van der Waals surface area (Å²) < 4.78 is 12.6. The molecule has 1 amide bonds. The second-order valence-electron chi connectivity index (χ2n) is 7.33. The largest absolute Gasteiger partial charge is 0.465 e. The SMILES string of the molecule is CCOC(=O)Cn1c(=NC(=O)CCCSCc2ccccc2)sc2cc(C(=O)OCC)ccc21. The van der Waals surface area contributed by atoms with Gasteiger partial charge in [-0.25, -0.2) is 4.79 Å². The Bertz CT molecular complexity index is 1200. The molecule has 0 bridgehead atoms. The summed E-state index contributed by atoms with van der Waals surface area (Å²) in [4.78, 5) is 41.5. The molecule has 0 radical (unpaired) electrons. The van der Waals surface area contributed by atoms with Crippen LogP contribution < -0.4 is 4.80 Å². The monoisotopic (exact) mass is 500 g/mol. The van der Waals surface area contributed by atoms with Crippen LogP contribution in [0.5, 0.6) is 0 Å². The van der Waals surface area contributed by atoms with E-state index in [-0.39, 0.29) is 25.7 Å². The molecule has 0 atom stereocenters. The van der Waals surface area contributed by atoms with Crippen LogP contribution >= 0.6 is 23.1 Å². The second-order valence-corrected chi connectivity index (χ2v) is 9.44. The van der Waals surface area contributed by atoms with Crippen LogP contribution in [0.2, 0.25) is 0 Å². The van der Waals surface area contributed by atoms with Crippen molar-refractivity contribution in [3.05, 3.63) is 64.5 Å². The van der Waals surface area contributed by atoms with E-state index in [2.05, 4.69) is 17.1 Å². The van der Waals surface area contributed by atoms with Crippen LogP contribution in [0.4, 0.5) is 0 Å². The van der Waals surface area contributed by atoms with Gasteiger partial charge in [-0.05, 0) is 49.8 Å². The van der Waals surface area contributed by atoms with E-state index >= 15 is 0 Å². The average Bonchev–Trinajstić information content (AvgIpc) is 3.15. The fourth-order valence-electron chi connectivity index (χ4n) is 3.24. The molecular weight excluding hydrogens is 472 g/mol. The molecule has 0 saturated heterocycles. The van der Waals surface area contributed by atoms with Gasteiger partial charge in [0.25, 0.3) is 0 Å². The van der Waals surface area contributed by atoms with Gasteiger partial charge in [-0.1, -0.05) is 41.7 Å². The first-order valence-electron chi connectivity index (χ1n) is 11.2. The number of carbonyl (C=O) groups excluding carboxylic acids is 3. The van der Waals surface area contributed by atoms with Crippen molar-refractivity contribution in [3.8, 4) is 0 Å². The lowest BCUT2D eigenvalue weighted by atomic mass is 10.2. The van der Waals surface area contributed by atoms with Crippen LogP contribution in [0.15, 0.2) is 53.5 Å². The molecule has 0 aliphatic rings. The lowest BCUT2D eigenvalue weighted by molar-refractivity contribution is -0.143. The summed E-state index contributed by atoms with van der Waals surface area (Å²) in [6.45, 7) is 3.97. The molecule has 0 aliphatic carbocycles. The third-order valence-corrected chi connectivity index (χ3v) is 6.95. The number of nitrogens with zero attached hydrogens (tertiary/aromatic N) is 2. The van der Waals surface area contributed by atoms with E-state index in [9.17, 15) is 14.4 Å². The molecule has 0 N–H and O–H groups in total. The molecule has 9 heteroatoms. The maximum atomic E-state index is 12.6. The first-order valence-corrected chi connectivity index (χ1v) is 13.1. The molecule has 0 fully saturated rings.